The van der Waals surface area contributed by atoms with Crippen LogP contribution < -0.4 is 11.1 Å². The van der Waals surface area contributed by atoms with Crippen molar-refractivity contribution in [3.8, 4) is 0 Å². The predicted octanol–water partition coefficient (Wildman–Crippen LogP) is 1.70. The van der Waals surface area contributed by atoms with E-state index >= 15 is 0 Å². The van der Waals surface area contributed by atoms with Gasteiger partial charge in [-0.05, 0) is 52.5 Å². The molecule has 1 aromatic rings. The van der Waals surface area contributed by atoms with Gasteiger partial charge in [0.05, 0.1) is 42.8 Å². The fourth-order valence-corrected chi connectivity index (χ4v) is 4.01. The fourth-order valence-electron chi connectivity index (χ4n) is 4.01. The molecule has 1 aromatic carbocycles. The first-order valence-electron chi connectivity index (χ1n) is 11.9. The SMILES string of the molecule is CC1(C)OB(C(CCCc2ccccc2)NC(=O)C(N)CC(=O)N2CCOCC2)OC1(C)C. The van der Waals surface area contributed by atoms with E-state index in [1.807, 2.05) is 45.9 Å². The molecule has 33 heavy (non-hydrogen) atoms. The van der Waals surface area contributed by atoms with Crippen LogP contribution in [-0.4, -0.2) is 73.3 Å². The van der Waals surface area contributed by atoms with Gasteiger partial charge in [0.1, 0.15) is 0 Å². The number of morpholine rings is 1. The van der Waals surface area contributed by atoms with Crippen molar-refractivity contribution in [2.75, 3.05) is 26.3 Å². The lowest BCUT2D eigenvalue weighted by atomic mass is 9.75. The van der Waals surface area contributed by atoms with Crippen LogP contribution in [0.5, 0.6) is 0 Å². The number of nitrogens with one attached hydrogen (secondary N) is 1. The summed E-state index contributed by atoms with van der Waals surface area (Å²) in [5.41, 5.74) is 6.35. The highest BCUT2D eigenvalue weighted by atomic mass is 16.7. The summed E-state index contributed by atoms with van der Waals surface area (Å²) in [4.78, 5) is 27.2. The van der Waals surface area contributed by atoms with E-state index < -0.39 is 24.4 Å². The average Bonchev–Trinajstić information content (AvgIpc) is 3.01. The minimum Gasteiger partial charge on any atom is -0.402 e. The Bertz CT molecular complexity index is 783. The summed E-state index contributed by atoms with van der Waals surface area (Å²) < 4.78 is 17.7. The third-order valence-electron chi connectivity index (χ3n) is 6.85. The van der Waals surface area contributed by atoms with Gasteiger partial charge in [0.2, 0.25) is 11.8 Å². The van der Waals surface area contributed by atoms with E-state index in [0.717, 1.165) is 12.8 Å². The Hall–Kier alpha value is -1.94. The van der Waals surface area contributed by atoms with Crippen LogP contribution in [0.3, 0.4) is 0 Å². The molecule has 3 N–H and O–H groups in total. The summed E-state index contributed by atoms with van der Waals surface area (Å²) in [5.74, 6) is -0.861. The Balaban J connectivity index is 1.61. The number of amides is 2. The lowest BCUT2D eigenvalue weighted by molar-refractivity contribution is -0.137. The third-order valence-corrected chi connectivity index (χ3v) is 6.85. The third kappa shape index (κ3) is 6.79. The number of carbonyl (C=O) groups excluding carboxylic acids is 2. The lowest BCUT2D eigenvalue weighted by Gasteiger charge is -2.32. The first-order chi connectivity index (χ1) is 15.6. The van der Waals surface area contributed by atoms with Crippen molar-refractivity contribution in [3.05, 3.63) is 35.9 Å². The molecule has 2 saturated heterocycles. The van der Waals surface area contributed by atoms with Crippen LogP contribution in [0.4, 0.5) is 0 Å². The summed E-state index contributed by atoms with van der Waals surface area (Å²) in [6.07, 6.45) is 2.36. The molecule has 2 aliphatic rings. The number of hydrogen-bond donors (Lipinski definition) is 2. The molecule has 2 heterocycles. The minimum atomic E-state index is -0.931. The van der Waals surface area contributed by atoms with Gasteiger partial charge in [-0.1, -0.05) is 30.3 Å². The largest absolute Gasteiger partial charge is 0.481 e. The molecule has 3 rings (SSSR count). The standard InChI is InChI=1S/C24H38BN3O5/c1-23(2)24(3,4)33-25(32-23)20(12-8-11-18-9-6-5-7-10-18)27-22(30)19(26)17-21(29)28-13-15-31-16-14-28/h5-7,9-10,19-20H,8,11-17,26H2,1-4H3,(H,27,30). The smallest absolute Gasteiger partial charge is 0.402 e. The molecule has 2 aliphatic heterocycles. The lowest BCUT2D eigenvalue weighted by Crippen LogP contribution is -2.54. The molecule has 0 aliphatic carbocycles. The maximum Gasteiger partial charge on any atom is 0.481 e. The van der Waals surface area contributed by atoms with Crippen molar-refractivity contribution in [1.29, 1.82) is 0 Å². The van der Waals surface area contributed by atoms with Crippen LogP contribution in [0.1, 0.15) is 52.5 Å². The number of nitrogens with two attached hydrogens (primary N) is 1. The summed E-state index contributed by atoms with van der Waals surface area (Å²) in [7, 11) is -0.586. The van der Waals surface area contributed by atoms with Crippen molar-refractivity contribution in [2.45, 2.75) is 76.6 Å². The second-order valence-corrected chi connectivity index (χ2v) is 9.92. The van der Waals surface area contributed by atoms with Crippen molar-refractivity contribution in [2.24, 2.45) is 5.73 Å². The normalized spacial score (nSPS) is 21.5. The molecule has 0 spiro atoms. The van der Waals surface area contributed by atoms with Crippen LogP contribution in [0.15, 0.2) is 30.3 Å². The number of aryl methyl sites for hydroxylation is 1. The van der Waals surface area contributed by atoms with Gasteiger partial charge < -0.3 is 30.0 Å². The van der Waals surface area contributed by atoms with Crippen LogP contribution in [0.2, 0.25) is 0 Å². The van der Waals surface area contributed by atoms with E-state index in [9.17, 15) is 9.59 Å². The second kappa shape index (κ2) is 11.0. The molecule has 0 radical (unpaired) electrons. The van der Waals surface area contributed by atoms with Crippen LogP contribution in [0, 0.1) is 0 Å². The molecular formula is C24H38BN3O5. The molecule has 0 aromatic heterocycles. The van der Waals surface area contributed by atoms with E-state index in [1.54, 1.807) is 4.90 Å². The van der Waals surface area contributed by atoms with Crippen molar-refractivity contribution in [3.63, 3.8) is 0 Å². The van der Waals surface area contributed by atoms with Crippen LogP contribution in [0.25, 0.3) is 0 Å². The number of ether oxygens (including phenoxy) is 1. The van der Waals surface area contributed by atoms with E-state index in [2.05, 4.69) is 17.4 Å². The Morgan fingerprint density at radius 3 is 2.30 bits per heavy atom. The summed E-state index contributed by atoms with van der Waals surface area (Å²) in [6.45, 7) is 10.0. The van der Waals surface area contributed by atoms with Gasteiger partial charge in [-0.15, -0.1) is 0 Å². The van der Waals surface area contributed by atoms with E-state index in [-0.39, 0.29) is 24.2 Å². The van der Waals surface area contributed by atoms with Gasteiger partial charge in [-0.3, -0.25) is 9.59 Å². The molecule has 8 nitrogen and oxygen atoms in total. The highest BCUT2D eigenvalue weighted by Gasteiger charge is 2.54. The van der Waals surface area contributed by atoms with Gasteiger partial charge in [0.15, 0.2) is 0 Å². The highest BCUT2D eigenvalue weighted by Crippen LogP contribution is 2.38. The van der Waals surface area contributed by atoms with Gasteiger partial charge >= 0.3 is 7.12 Å². The zero-order valence-corrected chi connectivity index (χ0v) is 20.3. The molecule has 9 heteroatoms. The molecule has 0 saturated carbocycles. The van der Waals surface area contributed by atoms with Crippen molar-refractivity contribution in [1.82, 2.24) is 10.2 Å². The van der Waals surface area contributed by atoms with E-state index in [4.69, 9.17) is 19.8 Å². The molecule has 2 amide bonds. The van der Waals surface area contributed by atoms with Crippen LogP contribution >= 0.6 is 0 Å². The average molecular weight is 459 g/mol. The molecular weight excluding hydrogens is 421 g/mol. The zero-order chi connectivity index (χ0) is 24.1. The molecule has 182 valence electrons. The van der Waals surface area contributed by atoms with Gasteiger partial charge in [-0.25, -0.2) is 0 Å². The summed E-state index contributed by atoms with van der Waals surface area (Å²) in [5, 5.41) is 3.02. The Labute approximate surface area is 197 Å². The van der Waals surface area contributed by atoms with Gasteiger partial charge in [-0.2, -0.15) is 0 Å². The topological polar surface area (TPSA) is 103 Å². The number of benzene rings is 1. The summed E-state index contributed by atoms with van der Waals surface area (Å²) >= 11 is 0. The Morgan fingerprint density at radius 2 is 1.70 bits per heavy atom. The maximum atomic E-state index is 12.9. The van der Waals surface area contributed by atoms with Gasteiger partial charge in [0.25, 0.3) is 0 Å². The Morgan fingerprint density at radius 1 is 1.09 bits per heavy atom. The van der Waals surface area contributed by atoms with Crippen LogP contribution in [-0.2, 0) is 30.1 Å². The highest BCUT2D eigenvalue weighted by molar-refractivity contribution is 6.48. The van der Waals surface area contributed by atoms with Crippen molar-refractivity contribution >= 4 is 18.9 Å². The Kier molecular flexibility index (Phi) is 8.56. The number of rotatable bonds is 9. The molecule has 2 fully saturated rings. The maximum absolute atomic E-state index is 12.9. The molecule has 2 unspecified atom stereocenters. The zero-order valence-electron chi connectivity index (χ0n) is 20.3. The number of nitrogens with zero attached hydrogens (tertiary/aromatic N) is 1. The summed E-state index contributed by atoms with van der Waals surface area (Å²) in [6, 6.07) is 9.29. The monoisotopic (exact) mass is 459 g/mol. The number of carbonyl (C=O) groups is 2. The first kappa shape index (κ1) is 25.7. The first-order valence-corrected chi connectivity index (χ1v) is 11.9. The second-order valence-electron chi connectivity index (χ2n) is 9.92. The minimum absolute atomic E-state index is 0.0358. The fraction of sp³-hybridized carbons (Fsp3) is 0.667. The van der Waals surface area contributed by atoms with Crippen molar-refractivity contribution < 1.29 is 23.6 Å². The molecule has 0 bridgehead atoms. The predicted molar refractivity (Wildman–Crippen MR) is 127 cm³/mol. The number of hydrogen-bond acceptors (Lipinski definition) is 6. The van der Waals surface area contributed by atoms with E-state index in [1.165, 1.54) is 5.56 Å². The molecule has 2 atom stereocenters. The van der Waals surface area contributed by atoms with E-state index in [0.29, 0.717) is 32.7 Å². The van der Waals surface area contributed by atoms with Gasteiger partial charge in [0, 0.05) is 13.1 Å². The quantitative estimate of drug-likeness (QED) is 0.545.